The molecule has 0 aliphatic carbocycles. The van der Waals surface area contributed by atoms with Crippen LogP contribution in [-0.2, 0) is 21.5 Å². The zero-order chi connectivity index (χ0) is 15.2. The van der Waals surface area contributed by atoms with E-state index in [2.05, 4.69) is 14.4 Å². The minimum atomic E-state index is -4.05. The molecule has 9 nitrogen and oxygen atoms in total. The zero-order valence-corrected chi connectivity index (χ0v) is 11.3. The molecule has 10 heteroatoms. The molecule has 0 saturated heterocycles. The predicted molar refractivity (Wildman–Crippen MR) is 67.1 cm³/mol. The maximum Gasteiger partial charge on any atom is 0.421 e. The molecule has 1 aromatic heterocycles. The molecule has 20 heavy (non-hydrogen) atoms. The second-order valence-electron chi connectivity index (χ2n) is 3.50. The Labute approximate surface area is 115 Å². The van der Waals surface area contributed by atoms with Crippen molar-refractivity contribution in [2.24, 2.45) is 0 Å². The van der Waals surface area contributed by atoms with E-state index in [1.54, 1.807) is 4.72 Å². The summed E-state index contributed by atoms with van der Waals surface area (Å²) in [5, 5.41) is 8.65. The smallest absolute Gasteiger partial charge is 0.421 e. The Morgan fingerprint density at radius 3 is 2.60 bits per heavy atom. The highest BCUT2D eigenvalue weighted by Crippen LogP contribution is 2.00. The first kappa shape index (κ1) is 15.9. The van der Waals surface area contributed by atoms with Gasteiger partial charge in [0.15, 0.2) is 0 Å². The molecule has 1 heterocycles. The van der Waals surface area contributed by atoms with E-state index in [1.165, 1.54) is 25.3 Å². The van der Waals surface area contributed by atoms with Gasteiger partial charge >= 0.3 is 22.3 Å². The topological polar surface area (TPSA) is 135 Å². The molecular formula is C10H13N3O6S. The highest BCUT2D eigenvalue weighted by molar-refractivity contribution is 7.88. The average molecular weight is 303 g/mol. The van der Waals surface area contributed by atoms with Gasteiger partial charge in [0.1, 0.15) is 5.69 Å². The molecule has 0 aliphatic heterocycles. The quantitative estimate of drug-likeness (QED) is 0.665. The zero-order valence-electron chi connectivity index (χ0n) is 10.5. The van der Waals surface area contributed by atoms with Gasteiger partial charge < -0.3 is 9.84 Å². The lowest BCUT2D eigenvalue weighted by molar-refractivity contribution is 0.0690. The third kappa shape index (κ3) is 5.20. The van der Waals surface area contributed by atoms with Crippen LogP contribution in [0.1, 0.15) is 23.0 Å². The van der Waals surface area contributed by atoms with E-state index in [9.17, 15) is 18.0 Å². The fourth-order valence-corrected chi connectivity index (χ4v) is 1.85. The number of pyridine rings is 1. The molecular weight excluding hydrogens is 290 g/mol. The molecule has 0 fully saturated rings. The van der Waals surface area contributed by atoms with Crippen molar-refractivity contribution in [1.29, 1.82) is 0 Å². The fraction of sp³-hybridized carbons (Fsp3) is 0.300. The number of aromatic carboxylic acids is 1. The van der Waals surface area contributed by atoms with Gasteiger partial charge in [-0.1, -0.05) is 6.07 Å². The highest BCUT2D eigenvalue weighted by Gasteiger charge is 2.14. The van der Waals surface area contributed by atoms with Gasteiger partial charge in [-0.2, -0.15) is 13.1 Å². The SMILES string of the molecule is CCOC(=O)NS(=O)(=O)NCc1ccc(C(=O)O)nc1. The Morgan fingerprint density at radius 1 is 1.40 bits per heavy atom. The lowest BCUT2D eigenvalue weighted by Crippen LogP contribution is -2.40. The van der Waals surface area contributed by atoms with Crippen molar-refractivity contribution in [2.75, 3.05) is 6.61 Å². The third-order valence-corrected chi connectivity index (χ3v) is 2.96. The number of nitrogens with one attached hydrogen (secondary N) is 2. The molecule has 0 aliphatic rings. The first-order valence-electron chi connectivity index (χ1n) is 5.46. The van der Waals surface area contributed by atoms with Crippen LogP contribution in [0.2, 0.25) is 0 Å². The van der Waals surface area contributed by atoms with Crippen LogP contribution in [0, 0.1) is 0 Å². The Kier molecular flexibility index (Phi) is 5.41. The van der Waals surface area contributed by atoms with E-state index < -0.39 is 22.3 Å². The summed E-state index contributed by atoms with van der Waals surface area (Å²) in [6.07, 6.45) is 0.135. The number of hydrogen-bond acceptors (Lipinski definition) is 6. The number of carboxylic acids is 1. The molecule has 110 valence electrons. The number of hydrogen-bond donors (Lipinski definition) is 3. The predicted octanol–water partition coefficient (Wildman–Crippen LogP) is -0.140. The highest BCUT2D eigenvalue weighted by atomic mass is 32.2. The first-order valence-corrected chi connectivity index (χ1v) is 6.94. The number of nitrogens with zero attached hydrogens (tertiary/aromatic N) is 1. The minimum absolute atomic E-state index is 0.0436. The van der Waals surface area contributed by atoms with Crippen LogP contribution >= 0.6 is 0 Å². The van der Waals surface area contributed by atoms with Gasteiger partial charge in [0.2, 0.25) is 0 Å². The summed E-state index contributed by atoms with van der Waals surface area (Å²) in [7, 11) is -4.05. The van der Waals surface area contributed by atoms with Gasteiger partial charge in [-0.3, -0.25) is 0 Å². The summed E-state index contributed by atoms with van der Waals surface area (Å²) >= 11 is 0. The maximum absolute atomic E-state index is 11.4. The van der Waals surface area contributed by atoms with Crippen LogP contribution in [0.4, 0.5) is 4.79 Å². The number of carboxylic acid groups (broad SMARTS) is 1. The molecule has 1 amide bonds. The molecule has 0 spiro atoms. The molecule has 0 saturated carbocycles. The van der Waals surface area contributed by atoms with Crippen molar-refractivity contribution in [2.45, 2.75) is 13.5 Å². The molecule has 1 aromatic rings. The molecule has 0 unspecified atom stereocenters. The van der Waals surface area contributed by atoms with Crippen molar-refractivity contribution in [1.82, 2.24) is 14.4 Å². The van der Waals surface area contributed by atoms with Gasteiger partial charge in [0.25, 0.3) is 0 Å². The monoisotopic (exact) mass is 303 g/mol. The van der Waals surface area contributed by atoms with Gasteiger partial charge in [0.05, 0.1) is 6.61 Å². The lowest BCUT2D eigenvalue weighted by Gasteiger charge is -2.08. The number of aromatic nitrogens is 1. The van der Waals surface area contributed by atoms with Gasteiger partial charge in [-0.05, 0) is 18.6 Å². The summed E-state index contributed by atoms with van der Waals surface area (Å²) in [4.78, 5) is 25.2. The maximum atomic E-state index is 11.4. The normalized spacial score (nSPS) is 10.8. The number of carbonyl (C=O) groups excluding carboxylic acids is 1. The van der Waals surface area contributed by atoms with Crippen molar-refractivity contribution in [3.8, 4) is 0 Å². The molecule has 0 bridgehead atoms. The number of ether oxygens (including phenoxy) is 1. The molecule has 0 atom stereocenters. The summed E-state index contributed by atoms with van der Waals surface area (Å²) < 4.78 is 31.0. The van der Waals surface area contributed by atoms with Crippen LogP contribution in [0.3, 0.4) is 0 Å². The van der Waals surface area contributed by atoms with E-state index >= 15 is 0 Å². The average Bonchev–Trinajstić information content (AvgIpc) is 2.36. The third-order valence-electron chi connectivity index (χ3n) is 2.00. The second-order valence-corrected chi connectivity index (χ2v) is 5.00. The minimum Gasteiger partial charge on any atom is -0.477 e. The number of rotatable bonds is 6. The summed E-state index contributed by atoms with van der Waals surface area (Å²) in [5.74, 6) is -1.18. The standard InChI is InChI=1S/C10H13N3O6S/c1-2-19-10(16)13-20(17,18)12-6-7-3-4-8(9(14)15)11-5-7/h3-5,12H,2,6H2,1H3,(H,13,16)(H,14,15). The Morgan fingerprint density at radius 2 is 2.10 bits per heavy atom. The van der Waals surface area contributed by atoms with Crippen molar-refractivity contribution in [3.63, 3.8) is 0 Å². The fourth-order valence-electron chi connectivity index (χ4n) is 1.14. The van der Waals surface area contributed by atoms with E-state index in [0.717, 1.165) is 0 Å². The van der Waals surface area contributed by atoms with Crippen molar-refractivity contribution >= 4 is 22.3 Å². The Bertz CT molecular complexity index is 584. The van der Waals surface area contributed by atoms with Crippen molar-refractivity contribution in [3.05, 3.63) is 29.6 Å². The van der Waals surface area contributed by atoms with E-state index in [0.29, 0.717) is 5.56 Å². The molecule has 0 radical (unpaired) electrons. The summed E-state index contributed by atoms with van der Waals surface area (Å²) in [6, 6.07) is 2.65. The lowest BCUT2D eigenvalue weighted by atomic mass is 10.2. The van der Waals surface area contributed by atoms with E-state index in [1.807, 2.05) is 0 Å². The van der Waals surface area contributed by atoms with Crippen LogP contribution in [-0.4, -0.2) is 37.2 Å². The second kappa shape index (κ2) is 6.82. The van der Waals surface area contributed by atoms with Crippen molar-refractivity contribution < 1.29 is 27.9 Å². The Balaban J connectivity index is 2.57. The summed E-state index contributed by atoms with van der Waals surface area (Å²) in [6.45, 7) is 1.43. The van der Waals surface area contributed by atoms with Crippen LogP contribution in [0.5, 0.6) is 0 Å². The van der Waals surface area contributed by atoms with E-state index in [4.69, 9.17) is 5.11 Å². The first-order chi connectivity index (χ1) is 9.34. The van der Waals surface area contributed by atoms with E-state index in [-0.39, 0.29) is 18.8 Å². The van der Waals surface area contributed by atoms with Crippen LogP contribution < -0.4 is 9.44 Å². The van der Waals surface area contributed by atoms with Gasteiger partial charge in [-0.25, -0.2) is 19.3 Å². The Hall–Kier alpha value is -2.20. The largest absolute Gasteiger partial charge is 0.477 e. The molecule has 3 N–H and O–H groups in total. The van der Waals surface area contributed by atoms with Gasteiger partial charge in [0, 0.05) is 12.7 Å². The molecule has 0 aromatic carbocycles. The number of carbonyl (C=O) groups is 2. The van der Waals surface area contributed by atoms with Crippen LogP contribution in [0.25, 0.3) is 0 Å². The van der Waals surface area contributed by atoms with Gasteiger partial charge in [-0.15, -0.1) is 0 Å². The summed E-state index contributed by atoms with van der Waals surface area (Å²) in [5.41, 5.74) is 0.283. The molecule has 1 rings (SSSR count). The number of amides is 1. The van der Waals surface area contributed by atoms with Crippen LogP contribution in [0.15, 0.2) is 18.3 Å².